The van der Waals surface area contributed by atoms with Crippen LogP contribution in [0.1, 0.15) is 93.5 Å². The highest BCUT2D eigenvalue weighted by atomic mass is 32.2. The Morgan fingerprint density at radius 3 is 2.60 bits per heavy atom. The Bertz CT molecular complexity index is 891. The van der Waals surface area contributed by atoms with Crippen molar-refractivity contribution in [1.82, 2.24) is 15.1 Å². The van der Waals surface area contributed by atoms with Gasteiger partial charge in [-0.1, -0.05) is 25.3 Å². The summed E-state index contributed by atoms with van der Waals surface area (Å²) >= 11 is 1.87. The highest BCUT2D eigenvalue weighted by molar-refractivity contribution is 7.99. The zero-order valence-electron chi connectivity index (χ0n) is 21.2. The van der Waals surface area contributed by atoms with E-state index < -0.39 is 0 Å². The molecule has 1 atom stereocenters. The standard InChI is InChI=1S/C28H41N3O3S/c1-22(10-11-26(33)29-21-32)31-20-24-23(27(31)34)8-7-9-25(24)35-19-6-4-2-3-5-16-30-17-14-28(12-13-28)15-18-30/h7-9,21-22H,2-6,10-20H2,1H3,(H,29,32,33). The van der Waals surface area contributed by atoms with Crippen LogP contribution in [-0.4, -0.2) is 59.5 Å². The van der Waals surface area contributed by atoms with E-state index >= 15 is 0 Å². The monoisotopic (exact) mass is 499 g/mol. The van der Waals surface area contributed by atoms with E-state index in [1.807, 2.05) is 35.7 Å². The maximum atomic E-state index is 12.9. The van der Waals surface area contributed by atoms with Gasteiger partial charge in [0.2, 0.25) is 12.3 Å². The number of unbranched alkanes of at least 4 members (excludes halogenated alkanes) is 4. The van der Waals surface area contributed by atoms with E-state index in [9.17, 15) is 14.4 Å². The Morgan fingerprint density at radius 2 is 1.86 bits per heavy atom. The van der Waals surface area contributed by atoms with E-state index in [1.165, 1.54) is 82.3 Å². The number of hydrogen-bond donors (Lipinski definition) is 1. The zero-order valence-corrected chi connectivity index (χ0v) is 22.0. The van der Waals surface area contributed by atoms with E-state index in [0.29, 0.717) is 19.4 Å². The number of likely N-dealkylation sites (tertiary alicyclic amines) is 1. The van der Waals surface area contributed by atoms with Gasteiger partial charge in [-0.2, -0.15) is 0 Å². The quantitative estimate of drug-likeness (QED) is 0.222. The summed E-state index contributed by atoms with van der Waals surface area (Å²) in [6.45, 7) is 6.51. The number of amides is 3. The van der Waals surface area contributed by atoms with Gasteiger partial charge in [0.1, 0.15) is 0 Å². The molecule has 1 aromatic carbocycles. The average molecular weight is 500 g/mol. The fraction of sp³-hybridized carbons (Fsp3) is 0.679. The third-order valence-corrected chi connectivity index (χ3v) is 9.43. The molecule has 7 heteroatoms. The predicted octanol–water partition coefficient (Wildman–Crippen LogP) is 5.00. The van der Waals surface area contributed by atoms with Crippen LogP contribution in [0.15, 0.2) is 23.1 Å². The van der Waals surface area contributed by atoms with Gasteiger partial charge in [-0.25, -0.2) is 0 Å². The molecule has 2 heterocycles. The van der Waals surface area contributed by atoms with Gasteiger partial charge in [0, 0.05) is 29.5 Å². The Balaban J connectivity index is 1.12. The first-order chi connectivity index (χ1) is 17.0. The largest absolute Gasteiger partial charge is 0.332 e. The molecule has 0 radical (unpaired) electrons. The van der Waals surface area contributed by atoms with Crippen LogP contribution in [0.25, 0.3) is 0 Å². The van der Waals surface area contributed by atoms with Gasteiger partial charge in [-0.05, 0) is 100 Å². The topological polar surface area (TPSA) is 69.7 Å². The molecule has 1 spiro atoms. The Labute approximate surface area is 214 Å². The number of carbonyl (C=O) groups is 3. The van der Waals surface area contributed by atoms with E-state index in [-0.39, 0.29) is 24.3 Å². The zero-order chi connectivity index (χ0) is 24.7. The molecule has 3 aliphatic rings. The SMILES string of the molecule is CC(CCC(=O)NC=O)N1Cc2c(SCCCCCCCN3CCC4(CC3)CC4)cccc2C1=O. The Hall–Kier alpha value is -1.86. The minimum atomic E-state index is -0.301. The van der Waals surface area contributed by atoms with Crippen molar-refractivity contribution in [2.24, 2.45) is 5.41 Å². The third kappa shape index (κ3) is 7.10. The number of carbonyl (C=O) groups excluding carboxylic acids is 3. The average Bonchev–Trinajstić information content (AvgIpc) is 3.53. The number of thioether (sulfide) groups is 1. The van der Waals surface area contributed by atoms with E-state index in [4.69, 9.17) is 0 Å². The van der Waals surface area contributed by atoms with Crippen LogP contribution >= 0.6 is 11.8 Å². The Kier molecular flexibility index (Phi) is 9.28. The summed E-state index contributed by atoms with van der Waals surface area (Å²) in [5.41, 5.74) is 2.71. The minimum Gasteiger partial charge on any atom is -0.332 e. The molecule has 4 rings (SSSR count). The molecule has 1 N–H and O–H groups in total. The summed E-state index contributed by atoms with van der Waals surface area (Å²) in [6.07, 6.45) is 13.5. The van der Waals surface area contributed by atoms with E-state index in [1.54, 1.807) is 0 Å². The minimum absolute atomic E-state index is 0.0479. The van der Waals surface area contributed by atoms with Gasteiger partial charge in [0.15, 0.2) is 0 Å². The maximum absolute atomic E-state index is 12.9. The van der Waals surface area contributed by atoms with Crippen LogP contribution in [-0.2, 0) is 16.1 Å². The Morgan fingerprint density at radius 1 is 1.11 bits per heavy atom. The first-order valence-electron chi connectivity index (χ1n) is 13.5. The summed E-state index contributed by atoms with van der Waals surface area (Å²) in [5, 5.41) is 2.16. The number of nitrogens with one attached hydrogen (secondary N) is 1. The maximum Gasteiger partial charge on any atom is 0.254 e. The van der Waals surface area contributed by atoms with Crippen molar-refractivity contribution in [1.29, 1.82) is 0 Å². The molecule has 0 bridgehead atoms. The van der Waals surface area contributed by atoms with Gasteiger partial charge in [0.25, 0.3) is 5.91 Å². The van der Waals surface area contributed by atoms with E-state index in [0.717, 1.165) is 22.3 Å². The number of piperidine rings is 1. The van der Waals surface area contributed by atoms with Crippen molar-refractivity contribution in [3.05, 3.63) is 29.3 Å². The lowest BCUT2D eigenvalue weighted by Crippen LogP contribution is -2.35. The second-order valence-corrected chi connectivity index (χ2v) is 11.9. The summed E-state index contributed by atoms with van der Waals surface area (Å²) in [5.74, 6) is 0.831. The normalized spacial score (nSPS) is 19.6. The second-order valence-electron chi connectivity index (χ2n) is 10.7. The van der Waals surface area contributed by atoms with Gasteiger partial charge in [0.05, 0.1) is 0 Å². The molecule has 1 aromatic rings. The van der Waals surface area contributed by atoms with Gasteiger partial charge in [-0.15, -0.1) is 11.8 Å². The number of nitrogens with zero attached hydrogens (tertiary/aromatic N) is 2. The van der Waals surface area contributed by atoms with Crippen LogP contribution in [0, 0.1) is 5.41 Å². The summed E-state index contributed by atoms with van der Waals surface area (Å²) in [4.78, 5) is 40.7. The molecule has 1 aliphatic carbocycles. The summed E-state index contributed by atoms with van der Waals surface area (Å²) < 4.78 is 0. The second kappa shape index (κ2) is 12.4. The molecule has 1 unspecified atom stereocenters. The molecule has 0 aromatic heterocycles. The molecule has 2 aliphatic heterocycles. The van der Waals surface area contributed by atoms with Crippen LogP contribution < -0.4 is 5.32 Å². The number of fused-ring (bicyclic) bond motifs is 1. The molecule has 1 saturated heterocycles. The van der Waals surface area contributed by atoms with Crippen molar-refractivity contribution in [2.45, 2.75) is 95.0 Å². The third-order valence-electron chi connectivity index (χ3n) is 8.24. The number of imide groups is 1. The van der Waals surface area contributed by atoms with Crippen LogP contribution in [0.3, 0.4) is 0 Å². The molecular weight excluding hydrogens is 458 g/mol. The number of rotatable bonds is 14. The molecule has 192 valence electrons. The predicted molar refractivity (Wildman–Crippen MR) is 140 cm³/mol. The van der Waals surface area contributed by atoms with Crippen LogP contribution in [0.4, 0.5) is 0 Å². The molecule has 35 heavy (non-hydrogen) atoms. The highest BCUT2D eigenvalue weighted by Gasteiger charge is 2.44. The molecule has 1 saturated carbocycles. The van der Waals surface area contributed by atoms with Crippen molar-refractivity contribution in [2.75, 3.05) is 25.4 Å². The lowest BCUT2D eigenvalue weighted by molar-refractivity contribution is -0.125. The first-order valence-corrected chi connectivity index (χ1v) is 14.5. The fourth-order valence-electron chi connectivity index (χ4n) is 5.53. The van der Waals surface area contributed by atoms with Crippen molar-refractivity contribution < 1.29 is 14.4 Å². The van der Waals surface area contributed by atoms with Crippen molar-refractivity contribution in [3.8, 4) is 0 Å². The lowest BCUT2D eigenvalue weighted by Gasteiger charge is -2.32. The lowest BCUT2D eigenvalue weighted by atomic mass is 9.93. The van der Waals surface area contributed by atoms with Crippen molar-refractivity contribution >= 4 is 30.0 Å². The smallest absolute Gasteiger partial charge is 0.254 e. The van der Waals surface area contributed by atoms with Crippen molar-refractivity contribution in [3.63, 3.8) is 0 Å². The highest BCUT2D eigenvalue weighted by Crippen LogP contribution is 2.53. The number of benzene rings is 1. The van der Waals surface area contributed by atoms with Gasteiger partial charge >= 0.3 is 0 Å². The van der Waals surface area contributed by atoms with Gasteiger partial charge in [-0.3, -0.25) is 19.7 Å². The van der Waals surface area contributed by atoms with Crippen LogP contribution in [0.2, 0.25) is 0 Å². The molecule has 2 fully saturated rings. The number of hydrogen-bond acceptors (Lipinski definition) is 5. The van der Waals surface area contributed by atoms with E-state index in [2.05, 4.69) is 16.3 Å². The molecular formula is C28H41N3O3S. The summed E-state index contributed by atoms with van der Waals surface area (Å²) in [7, 11) is 0. The summed E-state index contributed by atoms with van der Waals surface area (Å²) in [6, 6.07) is 5.98. The molecule has 3 amide bonds. The fourth-order valence-corrected chi connectivity index (χ4v) is 6.62. The van der Waals surface area contributed by atoms with Gasteiger partial charge < -0.3 is 9.80 Å². The first kappa shape index (κ1) is 26.2. The molecule has 6 nitrogen and oxygen atoms in total. The van der Waals surface area contributed by atoms with Crippen LogP contribution in [0.5, 0.6) is 0 Å².